The van der Waals surface area contributed by atoms with Gasteiger partial charge in [0.2, 0.25) is 0 Å². The molecule has 140 valence electrons. The predicted molar refractivity (Wildman–Crippen MR) is 110 cm³/mol. The van der Waals surface area contributed by atoms with Crippen LogP contribution in [0.25, 0.3) is 0 Å². The van der Waals surface area contributed by atoms with Gasteiger partial charge < -0.3 is 15.0 Å². The van der Waals surface area contributed by atoms with Crippen LogP contribution in [0.1, 0.15) is 22.0 Å². The second-order valence-electron chi connectivity index (χ2n) is 6.64. The van der Waals surface area contributed by atoms with Crippen LogP contribution in [0.3, 0.4) is 0 Å². The maximum absolute atomic E-state index is 13.3. The summed E-state index contributed by atoms with van der Waals surface area (Å²) >= 11 is 1.72. The number of carbonyl (C=O) groups excluding carboxylic acids is 1. The SMILES string of the molecule is COc1ccc(C)cc1NC(=O)[C@H](c1ccccc1)[NH+](C)Cc1cccs1. The van der Waals surface area contributed by atoms with Crippen LogP contribution in [-0.2, 0) is 11.3 Å². The molecule has 3 aromatic rings. The number of rotatable bonds is 7. The first-order valence-corrected chi connectivity index (χ1v) is 9.81. The van der Waals surface area contributed by atoms with Gasteiger partial charge in [0.1, 0.15) is 12.3 Å². The first-order chi connectivity index (χ1) is 13.1. The minimum atomic E-state index is -0.321. The zero-order valence-corrected chi connectivity index (χ0v) is 16.7. The Morgan fingerprint density at radius 2 is 1.93 bits per heavy atom. The molecule has 3 rings (SSSR count). The number of hydrogen-bond donors (Lipinski definition) is 2. The Hall–Kier alpha value is -2.63. The Bertz CT molecular complexity index is 879. The van der Waals surface area contributed by atoms with Gasteiger partial charge in [-0.3, -0.25) is 4.79 Å². The standard InChI is InChI=1S/C22H24N2O2S/c1-16-11-12-20(26-3)19(14-16)23-22(25)21(17-8-5-4-6-9-17)24(2)15-18-10-7-13-27-18/h4-14,21H,15H2,1-3H3,(H,23,25)/p+1/t21-/m0/s1. The third kappa shape index (κ3) is 4.76. The van der Waals surface area contributed by atoms with E-state index in [1.54, 1.807) is 18.4 Å². The van der Waals surface area contributed by atoms with E-state index in [0.29, 0.717) is 11.4 Å². The molecule has 5 heteroatoms. The largest absolute Gasteiger partial charge is 0.495 e. The van der Waals surface area contributed by atoms with Crippen LogP contribution >= 0.6 is 11.3 Å². The normalized spacial score (nSPS) is 13.0. The van der Waals surface area contributed by atoms with Crippen molar-refractivity contribution in [3.8, 4) is 5.75 Å². The van der Waals surface area contributed by atoms with Gasteiger partial charge in [0.05, 0.1) is 24.7 Å². The summed E-state index contributed by atoms with van der Waals surface area (Å²) in [7, 11) is 3.67. The summed E-state index contributed by atoms with van der Waals surface area (Å²) in [5.74, 6) is 0.621. The molecule has 1 heterocycles. The molecule has 1 aromatic heterocycles. The number of nitrogens with one attached hydrogen (secondary N) is 2. The van der Waals surface area contributed by atoms with Gasteiger partial charge in [0.15, 0.2) is 6.04 Å². The number of ether oxygens (including phenoxy) is 1. The number of methoxy groups -OCH3 is 1. The van der Waals surface area contributed by atoms with Crippen molar-refractivity contribution in [3.63, 3.8) is 0 Å². The molecule has 27 heavy (non-hydrogen) atoms. The van der Waals surface area contributed by atoms with Gasteiger partial charge in [-0.15, -0.1) is 11.3 Å². The number of thiophene rings is 1. The van der Waals surface area contributed by atoms with Gasteiger partial charge in [-0.2, -0.15) is 0 Å². The summed E-state index contributed by atoms with van der Waals surface area (Å²) in [6, 6.07) is 19.6. The second kappa shape index (κ2) is 8.84. The topological polar surface area (TPSA) is 42.8 Å². The fourth-order valence-corrected chi connectivity index (χ4v) is 4.02. The molecule has 0 radical (unpaired) electrons. The molecule has 0 aliphatic rings. The summed E-state index contributed by atoms with van der Waals surface area (Å²) in [4.78, 5) is 15.7. The number of carbonyl (C=O) groups is 1. The summed E-state index contributed by atoms with van der Waals surface area (Å²) < 4.78 is 5.41. The van der Waals surface area contributed by atoms with Gasteiger partial charge in [0, 0.05) is 5.56 Å². The lowest BCUT2D eigenvalue weighted by molar-refractivity contribution is -0.915. The molecule has 0 aliphatic carbocycles. The van der Waals surface area contributed by atoms with Gasteiger partial charge in [-0.05, 0) is 36.1 Å². The molecule has 2 N–H and O–H groups in total. The highest BCUT2D eigenvalue weighted by Gasteiger charge is 2.30. The molecular formula is C22H25N2O2S+. The fourth-order valence-electron chi connectivity index (χ4n) is 3.22. The van der Waals surface area contributed by atoms with E-state index in [1.165, 1.54) is 4.88 Å². The summed E-state index contributed by atoms with van der Waals surface area (Å²) in [5.41, 5.74) is 2.77. The lowest BCUT2D eigenvalue weighted by Crippen LogP contribution is -3.09. The van der Waals surface area contributed by atoms with E-state index in [1.807, 2.05) is 61.5 Å². The van der Waals surface area contributed by atoms with Crippen molar-refractivity contribution in [3.05, 3.63) is 82.0 Å². The van der Waals surface area contributed by atoms with Crippen LogP contribution in [0.2, 0.25) is 0 Å². The summed E-state index contributed by atoms with van der Waals surface area (Å²) in [5, 5.41) is 5.15. The third-order valence-corrected chi connectivity index (χ3v) is 5.41. The molecule has 4 nitrogen and oxygen atoms in total. The molecule has 0 bridgehead atoms. The van der Waals surface area contributed by atoms with Gasteiger partial charge in [-0.1, -0.05) is 42.5 Å². The number of aryl methyl sites for hydroxylation is 1. The molecule has 1 amide bonds. The van der Waals surface area contributed by atoms with Crippen molar-refractivity contribution in [1.82, 2.24) is 0 Å². The quantitative estimate of drug-likeness (QED) is 0.658. The number of amides is 1. The first-order valence-electron chi connectivity index (χ1n) is 8.93. The predicted octanol–water partition coefficient (Wildman–Crippen LogP) is 3.46. The lowest BCUT2D eigenvalue weighted by Gasteiger charge is -2.24. The number of likely N-dealkylation sites (N-methyl/N-ethyl adjacent to an activating group) is 1. The van der Waals surface area contributed by atoms with E-state index in [2.05, 4.69) is 23.8 Å². The Labute approximate surface area is 164 Å². The average Bonchev–Trinajstić information content (AvgIpc) is 3.16. The molecule has 0 aliphatic heterocycles. The molecule has 0 saturated carbocycles. The van der Waals surface area contributed by atoms with Crippen LogP contribution in [0.15, 0.2) is 66.0 Å². The Morgan fingerprint density at radius 1 is 1.15 bits per heavy atom. The smallest absolute Gasteiger partial charge is 0.287 e. The van der Waals surface area contributed by atoms with Crippen molar-refractivity contribution in [2.75, 3.05) is 19.5 Å². The van der Waals surface area contributed by atoms with Crippen LogP contribution in [0, 0.1) is 6.92 Å². The highest BCUT2D eigenvalue weighted by Crippen LogP contribution is 2.26. The fraction of sp³-hybridized carbons (Fsp3) is 0.227. The van der Waals surface area contributed by atoms with Gasteiger partial charge >= 0.3 is 0 Å². The third-order valence-electron chi connectivity index (χ3n) is 4.53. The minimum Gasteiger partial charge on any atom is -0.495 e. The Balaban J connectivity index is 1.88. The molecule has 0 spiro atoms. The Morgan fingerprint density at radius 3 is 2.59 bits per heavy atom. The van der Waals surface area contributed by atoms with Crippen LogP contribution in [-0.4, -0.2) is 20.1 Å². The van der Waals surface area contributed by atoms with Crippen molar-refractivity contribution in [1.29, 1.82) is 0 Å². The number of benzene rings is 2. The molecule has 2 atom stereocenters. The van der Waals surface area contributed by atoms with Crippen molar-refractivity contribution in [2.45, 2.75) is 19.5 Å². The molecule has 0 fully saturated rings. The van der Waals surface area contributed by atoms with E-state index in [4.69, 9.17) is 4.74 Å². The van der Waals surface area contributed by atoms with Crippen molar-refractivity contribution in [2.24, 2.45) is 0 Å². The lowest BCUT2D eigenvalue weighted by atomic mass is 10.0. The van der Waals surface area contributed by atoms with Crippen LogP contribution in [0.4, 0.5) is 5.69 Å². The maximum atomic E-state index is 13.3. The van der Waals surface area contributed by atoms with E-state index >= 15 is 0 Å². The number of hydrogen-bond acceptors (Lipinski definition) is 3. The number of anilines is 1. The van der Waals surface area contributed by atoms with Crippen LogP contribution in [0.5, 0.6) is 5.75 Å². The zero-order valence-electron chi connectivity index (χ0n) is 15.9. The molecule has 2 aromatic carbocycles. The minimum absolute atomic E-state index is 0.0424. The van der Waals surface area contributed by atoms with E-state index in [0.717, 1.165) is 22.6 Å². The van der Waals surface area contributed by atoms with Crippen molar-refractivity contribution < 1.29 is 14.4 Å². The van der Waals surface area contributed by atoms with E-state index < -0.39 is 0 Å². The van der Waals surface area contributed by atoms with Gasteiger partial charge in [0.25, 0.3) is 5.91 Å². The highest BCUT2D eigenvalue weighted by molar-refractivity contribution is 7.09. The monoisotopic (exact) mass is 381 g/mol. The van der Waals surface area contributed by atoms with Crippen molar-refractivity contribution >= 4 is 22.9 Å². The van der Waals surface area contributed by atoms with Crippen LogP contribution < -0.4 is 15.0 Å². The van der Waals surface area contributed by atoms with Gasteiger partial charge in [-0.25, -0.2) is 0 Å². The molecule has 0 saturated heterocycles. The second-order valence-corrected chi connectivity index (χ2v) is 7.67. The summed E-state index contributed by atoms with van der Waals surface area (Å²) in [6.45, 7) is 2.79. The zero-order chi connectivity index (χ0) is 19.2. The number of quaternary nitrogens is 1. The first kappa shape index (κ1) is 19.1. The molecular weight excluding hydrogens is 356 g/mol. The van der Waals surface area contributed by atoms with E-state index in [9.17, 15) is 4.79 Å². The van der Waals surface area contributed by atoms with E-state index in [-0.39, 0.29) is 11.9 Å². The molecule has 1 unspecified atom stereocenters. The average molecular weight is 382 g/mol. The maximum Gasteiger partial charge on any atom is 0.287 e. The summed E-state index contributed by atoms with van der Waals surface area (Å²) in [6.07, 6.45) is 0. The Kier molecular flexibility index (Phi) is 6.27. The highest BCUT2D eigenvalue weighted by atomic mass is 32.1.